The molecule has 9 heteroatoms. The van der Waals surface area contributed by atoms with Crippen LogP contribution in [0.15, 0.2) is 44.8 Å². The molecule has 1 aromatic carbocycles. The predicted molar refractivity (Wildman–Crippen MR) is 106 cm³/mol. The van der Waals surface area contributed by atoms with Crippen LogP contribution < -0.4 is 16.2 Å². The first-order valence-corrected chi connectivity index (χ1v) is 8.72. The third kappa shape index (κ3) is 6.01. The molecular weight excluding hydrogens is 393 g/mol. The van der Waals surface area contributed by atoms with Crippen LogP contribution in [0.1, 0.15) is 26.5 Å². The Labute approximate surface area is 166 Å². The molecule has 0 saturated carbocycles. The molecule has 0 radical (unpaired) electrons. The van der Waals surface area contributed by atoms with Crippen molar-refractivity contribution >= 4 is 40.5 Å². The van der Waals surface area contributed by atoms with Crippen LogP contribution in [0.4, 0.5) is 5.69 Å². The lowest BCUT2D eigenvalue weighted by Crippen LogP contribution is -2.35. The van der Waals surface area contributed by atoms with Crippen molar-refractivity contribution in [2.45, 2.75) is 32.7 Å². The first-order chi connectivity index (χ1) is 12.6. The lowest BCUT2D eigenvalue weighted by atomic mass is 10.1. The molecule has 0 saturated heterocycles. The van der Waals surface area contributed by atoms with Gasteiger partial charge in [-0.1, -0.05) is 23.2 Å². The zero-order valence-electron chi connectivity index (χ0n) is 15.0. The largest absolute Gasteiger partial charge is 0.502 e. The van der Waals surface area contributed by atoms with E-state index in [0.29, 0.717) is 10.7 Å². The fourth-order valence-corrected chi connectivity index (χ4v) is 2.21. The molecule has 27 heavy (non-hydrogen) atoms. The molecule has 144 valence electrons. The number of hydrogen-bond acceptors (Lipinski definition) is 6. The van der Waals surface area contributed by atoms with Crippen molar-refractivity contribution in [1.82, 2.24) is 5.43 Å². The molecule has 7 nitrogen and oxygen atoms in total. The Morgan fingerprint density at radius 3 is 2.56 bits per heavy atom. The molecule has 1 amide bonds. The van der Waals surface area contributed by atoms with Crippen molar-refractivity contribution in [3.05, 3.63) is 56.6 Å². The number of carbonyl (C=O) groups excluding carboxylic acids is 1. The number of carbonyl (C=O) groups is 1. The smallest absolute Gasteiger partial charge is 0.272 e. The van der Waals surface area contributed by atoms with Crippen LogP contribution >= 0.6 is 23.2 Å². The van der Waals surface area contributed by atoms with Crippen LogP contribution in [0, 0.1) is 0 Å². The van der Waals surface area contributed by atoms with Gasteiger partial charge >= 0.3 is 0 Å². The fourth-order valence-electron chi connectivity index (χ4n) is 1.91. The van der Waals surface area contributed by atoms with Crippen LogP contribution in [-0.2, 0) is 11.2 Å². The number of hydrogen-bond donors (Lipinski definition) is 3. The maximum atomic E-state index is 12.7. The van der Waals surface area contributed by atoms with Crippen LogP contribution in [0.2, 0.25) is 10.0 Å². The quantitative estimate of drug-likeness (QED) is 0.515. The molecule has 0 bridgehead atoms. The first-order valence-electron chi connectivity index (χ1n) is 7.96. The van der Waals surface area contributed by atoms with Gasteiger partial charge in [-0.15, -0.1) is 0 Å². The number of nitrogens with zero attached hydrogens (tertiary/aromatic N) is 1. The van der Waals surface area contributed by atoms with E-state index in [9.17, 15) is 14.7 Å². The summed E-state index contributed by atoms with van der Waals surface area (Å²) in [6.45, 7) is 5.60. The third-order valence-electron chi connectivity index (χ3n) is 3.22. The molecule has 0 aliphatic heterocycles. The molecule has 0 atom stereocenters. The second-order valence-corrected chi connectivity index (χ2v) is 7.55. The Bertz CT molecular complexity index is 933. The Hall–Kier alpha value is -2.51. The summed E-state index contributed by atoms with van der Waals surface area (Å²) in [5.74, 6) is -1.19. The molecule has 0 fully saturated rings. The van der Waals surface area contributed by atoms with Gasteiger partial charge < -0.3 is 20.3 Å². The molecular formula is C18H19Cl2N3O4. The monoisotopic (exact) mass is 411 g/mol. The zero-order chi connectivity index (χ0) is 20.2. The number of halogens is 2. The van der Waals surface area contributed by atoms with Gasteiger partial charge in [0.05, 0.1) is 22.7 Å². The Kier molecular flexibility index (Phi) is 6.51. The fraction of sp³-hybridized carbons (Fsp3) is 0.278. The predicted octanol–water partition coefficient (Wildman–Crippen LogP) is 3.58. The summed E-state index contributed by atoms with van der Waals surface area (Å²) in [7, 11) is 0. The summed E-state index contributed by atoms with van der Waals surface area (Å²) in [6.07, 6.45) is 0.946. The van der Waals surface area contributed by atoms with E-state index in [4.69, 9.17) is 27.6 Å². The molecule has 0 aliphatic rings. The van der Waals surface area contributed by atoms with Gasteiger partial charge in [0.2, 0.25) is 11.2 Å². The van der Waals surface area contributed by atoms with E-state index in [1.807, 2.05) is 20.8 Å². The maximum Gasteiger partial charge on any atom is 0.272 e. The first kappa shape index (κ1) is 20.8. The van der Waals surface area contributed by atoms with Crippen LogP contribution in [-0.4, -0.2) is 22.3 Å². The average Bonchev–Trinajstić information content (AvgIpc) is 2.57. The number of anilines is 1. The molecule has 0 unspecified atom stereocenters. The summed E-state index contributed by atoms with van der Waals surface area (Å²) in [5, 5.41) is 17.3. The highest BCUT2D eigenvalue weighted by Crippen LogP contribution is 2.25. The van der Waals surface area contributed by atoms with Gasteiger partial charge in [-0.25, -0.2) is 0 Å². The highest BCUT2D eigenvalue weighted by molar-refractivity contribution is 6.44. The van der Waals surface area contributed by atoms with Crippen LogP contribution in [0.5, 0.6) is 5.75 Å². The molecule has 2 aromatic rings. The number of nitrogens with one attached hydrogen (secondary N) is 2. The standard InChI is InChI=1S/C18H19Cl2N3O4/c1-18(2,3)23-22-13(9-15-16(25)14(24)6-7-27-15)17(26)21-10-4-5-11(19)12(20)8-10/h4-8,23,25H,9H2,1-3H3,(H,21,26). The van der Waals surface area contributed by atoms with Gasteiger partial charge in [-0.05, 0) is 39.0 Å². The second kappa shape index (κ2) is 8.45. The number of rotatable bonds is 5. The molecule has 0 aliphatic carbocycles. The third-order valence-corrected chi connectivity index (χ3v) is 3.96. The van der Waals surface area contributed by atoms with Gasteiger partial charge in [0, 0.05) is 17.3 Å². The summed E-state index contributed by atoms with van der Waals surface area (Å²) in [4.78, 5) is 24.2. The van der Waals surface area contributed by atoms with Gasteiger partial charge in [0.25, 0.3) is 5.91 Å². The highest BCUT2D eigenvalue weighted by Gasteiger charge is 2.19. The number of aromatic hydroxyl groups is 1. The highest BCUT2D eigenvalue weighted by atomic mass is 35.5. The molecule has 2 rings (SSSR count). The maximum absolute atomic E-state index is 12.7. The summed E-state index contributed by atoms with van der Waals surface area (Å²) in [6, 6.07) is 5.71. The van der Waals surface area contributed by atoms with Crippen molar-refractivity contribution in [2.75, 3.05) is 5.32 Å². The molecule has 1 heterocycles. The van der Waals surface area contributed by atoms with Gasteiger partial charge in [-0.3, -0.25) is 9.59 Å². The topological polar surface area (TPSA) is 104 Å². The van der Waals surface area contributed by atoms with Gasteiger partial charge in [0.1, 0.15) is 5.71 Å². The van der Waals surface area contributed by atoms with Gasteiger partial charge in [-0.2, -0.15) is 5.10 Å². The van der Waals surface area contributed by atoms with Crippen LogP contribution in [0.3, 0.4) is 0 Å². The van der Waals surface area contributed by atoms with E-state index >= 15 is 0 Å². The molecule has 1 aromatic heterocycles. The Balaban J connectivity index is 2.30. The lowest BCUT2D eigenvalue weighted by molar-refractivity contribution is -0.110. The summed E-state index contributed by atoms with van der Waals surface area (Å²) in [5.41, 5.74) is 2.24. The van der Waals surface area contributed by atoms with E-state index < -0.39 is 22.6 Å². The minimum Gasteiger partial charge on any atom is -0.502 e. The van der Waals surface area contributed by atoms with E-state index in [1.165, 1.54) is 6.07 Å². The van der Waals surface area contributed by atoms with E-state index in [0.717, 1.165) is 12.3 Å². The minimum atomic E-state index is -0.607. The molecule has 3 N–H and O–H groups in total. The minimum absolute atomic E-state index is 0.000599. The Morgan fingerprint density at radius 2 is 1.93 bits per heavy atom. The zero-order valence-corrected chi connectivity index (χ0v) is 16.5. The van der Waals surface area contributed by atoms with Crippen molar-refractivity contribution in [1.29, 1.82) is 0 Å². The van der Waals surface area contributed by atoms with E-state index in [-0.39, 0.29) is 22.9 Å². The Morgan fingerprint density at radius 1 is 1.22 bits per heavy atom. The average molecular weight is 412 g/mol. The van der Waals surface area contributed by atoms with Gasteiger partial charge in [0.15, 0.2) is 5.76 Å². The van der Waals surface area contributed by atoms with Crippen molar-refractivity contribution in [3.63, 3.8) is 0 Å². The normalized spacial score (nSPS) is 12.0. The summed E-state index contributed by atoms with van der Waals surface area (Å²) >= 11 is 11.8. The number of hydrazone groups is 1. The number of amides is 1. The summed E-state index contributed by atoms with van der Waals surface area (Å²) < 4.78 is 5.16. The van der Waals surface area contributed by atoms with Crippen LogP contribution in [0.25, 0.3) is 0 Å². The van der Waals surface area contributed by atoms with E-state index in [1.54, 1.807) is 12.1 Å². The van der Waals surface area contributed by atoms with Crippen molar-refractivity contribution in [2.24, 2.45) is 5.10 Å². The molecule has 0 spiro atoms. The second-order valence-electron chi connectivity index (χ2n) is 6.74. The number of benzene rings is 1. The van der Waals surface area contributed by atoms with Crippen molar-refractivity contribution < 1.29 is 14.3 Å². The van der Waals surface area contributed by atoms with Crippen molar-refractivity contribution in [3.8, 4) is 5.75 Å². The van der Waals surface area contributed by atoms with E-state index in [2.05, 4.69) is 15.8 Å². The SMILES string of the molecule is CC(C)(C)NN=C(Cc1occc(=O)c1O)C(=O)Nc1ccc(Cl)c(Cl)c1. The lowest BCUT2D eigenvalue weighted by Gasteiger charge is -2.19.